The van der Waals surface area contributed by atoms with Crippen molar-refractivity contribution in [1.29, 1.82) is 0 Å². The molecule has 0 heterocycles. The van der Waals surface area contributed by atoms with Crippen LogP contribution >= 0.6 is 0 Å². The van der Waals surface area contributed by atoms with E-state index in [4.69, 9.17) is 17.7 Å². The molecule has 0 aliphatic heterocycles. The molecule has 21 heavy (non-hydrogen) atoms. The van der Waals surface area contributed by atoms with Gasteiger partial charge in [0.1, 0.15) is 0 Å². The zero-order valence-electron chi connectivity index (χ0n) is 12.1. The zero-order chi connectivity index (χ0) is 17.3. The van der Waals surface area contributed by atoms with Gasteiger partial charge in [0.25, 0.3) is 0 Å². The molecular formula is C11H20F3NO5S. The molecule has 0 aromatic heterocycles. The average Bonchev–Trinajstić information content (AvgIpc) is 2.39. The number of carbonyl (C=O) groups is 1. The van der Waals surface area contributed by atoms with Crippen LogP contribution in [0, 0.1) is 0 Å². The fraction of sp³-hybridized carbons (Fsp3) is 0.727. The molecule has 0 fully saturated rings. The molecule has 10 heteroatoms. The molecule has 0 saturated carbocycles. The lowest BCUT2D eigenvalue weighted by Crippen LogP contribution is -2.49. The summed E-state index contributed by atoms with van der Waals surface area (Å²) in [6.07, 6.45) is 1.20. The van der Waals surface area contributed by atoms with Gasteiger partial charge < -0.3 is 9.29 Å². The SMILES string of the molecule is C=CC(=O)OC[N+](CC)(CC)CC.O=S(=O)([O-])C(F)(F)F. The lowest BCUT2D eigenvalue weighted by Gasteiger charge is -2.34. The van der Waals surface area contributed by atoms with Crippen molar-refractivity contribution < 1.29 is 40.2 Å². The fourth-order valence-corrected chi connectivity index (χ4v) is 1.20. The van der Waals surface area contributed by atoms with Crippen molar-refractivity contribution in [1.82, 2.24) is 0 Å². The summed E-state index contributed by atoms with van der Waals surface area (Å²) in [5, 5.41) is 0. The Labute approximate surface area is 122 Å². The Kier molecular flexibility index (Phi) is 9.50. The fourth-order valence-electron chi connectivity index (χ4n) is 1.20. The van der Waals surface area contributed by atoms with E-state index in [9.17, 15) is 18.0 Å². The number of hydrogen-bond acceptors (Lipinski definition) is 5. The van der Waals surface area contributed by atoms with Gasteiger partial charge in [-0.25, -0.2) is 13.2 Å². The van der Waals surface area contributed by atoms with Crippen LogP contribution in [0.15, 0.2) is 12.7 Å². The van der Waals surface area contributed by atoms with Gasteiger partial charge >= 0.3 is 11.5 Å². The topological polar surface area (TPSA) is 83.5 Å². The predicted octanol–water partition coefficient (Wildman–Crippen LogP) is 1.60. The number of esters is 1. The number of alkyl halides is 3. The van der Waals surface area contributed by atoms with E-state index in [1.54, 1.807) is 0 Å². The van der Waals surface area contributed by atoms with E-state index in [-0.39, 0.29) is 5.97 Å². The predicted molar refractivity (Wildman–Crippen MR) is 68.8 cm³/mol. The Balaban J connectivity index is 0. The number of nitrogens with zero attached hydrogens (tertiary/aromatic N) is 1. The van der Waals surface area contributed by atoms with E-state index in [0.717, 1.165) is 24.1 Å². The van der Waals surface area contributed by atoms with Gasteiger partial charge in [-0.2, -0.15) is 13.2 Å². The Morgan fingerprint density at radius 2 is 1.57 bits per heavy atom. The van der Waals surface area contributed by atoms with Crippen molar-refractivity contribution in [3.63, 3.8) is 0 Å². The number of hydrogen-bond donors (Lipinski definition) is 0. The largest absolute Gasteiger partial charge is 0.741 e. The van der Waals surface area contributed by atoms with E-state index in [0.29, 0.717) is 6.73 Å². The van der Waals surface area contributed by atoms with Gasteiger partial charge in [0.2, 0.25) is 6.73 Å². The average molecular weight is 335 g/mol. The molecule has 0 amide bonds. The Morgan fingerprint density at radius 1 is 1.24 bits per heavy atom. The lowest BCUT2D eigenvalue weighted by molar-refractivity contribution is -0.938. The first kappa shape index (κ1) is 22.2. The molecule has 0 aliphatic rings. The first-order valence-corrected chi connectivity index (χ1v) is 7.46. The molecule has 0 aromatic carbocycles. The summed E-state index contributed by atoms with van der Waals surface area (Å²) in [4.78, 5) is 10.9. The van der Waals surface area contributed by atoms with Crippen molar-refractivity contribution in [2.24, 2.45) is 0 Å². The minimum absolute atomic E-state index is 0.335. The molecule has 0 N–H and O–H groups in total. The molecule has 0 spiro atoms. The highest BCUT2D eigenvalue weighted by molar-refractivity contribution is 7.86. The maximum atomic E-state index is 10.9. The molecule has 0 aromatic rings. The van der Waals surface area contributed by atoms with Gasteiger partial charge in [0.15, 0.2) is 10.1 Å². The van der Waals surface area contributed by atoms with Crippen molar-refractivity contribution in [2.45, 2.75) is 26.3 Å². The van der Waals surface area contributed by atoms with Gasteiger partial charge in [-0.15, -0.1) is 0 Å². The molecular weight excluding hydrogens is 315 g/mol. The first-order valence-electron chi connectivity index (χ1n) is 6.05. The van der Waals surface area contributed by atoms with Crippen LogP contribution in [0.5, 0.6) is 0 Å². The molecule has 0 unspecified atom stereocenters. The second-order valence-corrected chi connectivity index (χ2v) is 5.36. The van der Waals surface area contributed by atoms with Crippen LogP contribution in [0.4, 0.5) is 13.2 Å². The highest BCUT2D eigenvalue weighted by atomic mass is 32.2. The van der Waals surface area contributed by atoms with Crippen LogP contribution in [-0.2, 0) is 19.6 Å². The van der Waals surface area contributed by atoms with E-state index in [1.165, 1.54) is 6.08 Å². The van der Waals surface area contributed by atoms with E-state index < -0.39 is 15.6 Å². The summed E-state index contributed by atoms with van der Waals surface area (Å²) in [7, 11) is -6.09. The van der Waals surface area contributed by atoms with Crippen LogP contribution in [0.2, 0.25) is 0 Å². The standard InChI is InChI=1S/C10H20NO2.CHF3O3S/c1-5-10(12)13-9-11(6-2,7-3)8-4;2-1(3,4)8(5,6)7/h5H,1,6-9H2,2-4H3;(H,5,6,7)/q+1;/p-1. The normalized spacial score (nSPS) is 12.1. The number of halogens is 3. The zero-order valence-corrected chi connectivity index (χ0v) is 13.0. The van der Waals surface area contributed by atoms with Crippen LogP contribution in [0.1, 0.15) is 20.8 Å². The Hall–Kier alpha value is -1.13. The maximum Gasteiger partial charge on any atom is 0.485 e. The van der Waals surface area contributed by atoms with E-state index in [2.05, 4.69) is 27.4 Å². The van der Waals surface area contributed by atoms with Crippen LogP contribution in [0.25, 0.3) is 0 Å². The Bertz CT molecular complexity index is 421. The molecule has 6 nitrogen and oxygen atoms in total. The third-order valence-corrected chi connectivity index (χ3v) is 3.51. The molecule has 0 saturated heterocycles. The second-order valence-electron chi connectivity index (χ2n) is 3.99. The summed E-state index contributed by atoms with van der Waals surface area (Å²) in [6.45, 7) is 13.1. The molecule has 0 radical (unpaired) electrons. The first-order chi connectivity index (χ1) is 9.39. The van der Waals surface area contributed by atoms with Crippen LogP contribution in [-0.4, -0.2) is 55.3 Å². The summed E-state index contributed by atoms with van der Waals surface area (Å²) in [5.74, 6) is -0.335. The monoisotopic (exact) mass is 335 g/mol. The smallest absolute Gasteiger partial charge is 0.485 e. The highest BCUT2D eigenvalue weighted by Gasteiger charge is 2.36. The van der Waals surface area contributed by atoms with Crippen molar-refractivity contribution >= 4 is 16.1 Å². The minimum Gasteiger partial charge on any atom is -0.741 e. The molecule has 0 bridgehead atoms. The van der Waals surface area contributed by atoms with Crippen molar-refractivity contribution in [2.75, 3.05) is 26.4 Å². The summed E-state index contributed by atoms with van der Waals surface area (Å²) in [6, 6.07) is 0. The summed E-state index contributed by atoms with van der Waals surface area (Å²) < 4.78 is 64.8. The second kappa shape index (κ2) is 9.00. The Morgan fingerprint density at radius 3 is 1.76 bits per heavy atom. The number of quaternary nitrogens is 1. The maximum absolute atomic E-state index is 10.9. The molecule has 126 valence electrons. The van der Waals surface area contributed by atoms with Gasteiger partial charge in [-0.3, -0.25) is 4.48 Å². The van der Waals surface area contributed by atoms with Gasteiger partial charge in [0.05, 0.1) is 19.6 Å². The minimum atomic E-state index is -6.09. The molecule has 0 rings (SSSR count). The van der Waals surface area contributed by atoms with E-state index >= 15 is 0 Å². The van der Waals surface area contributed by atoms with E-state index in [1.807, 2.05) is 0 Å². The summed E-state index contributed by atoms with van der Waals surface area (Å²) >= 11 is 0. The quantitative estimate of drug-likeness (QED) is 0.184. The summed E-state index contributed by atoms with van der Waals surface area (Å²) in [5.41, 5.74) is -5.65. The number of carbonyl (C=O) groups excluding carboxylic acids is 1. The van der Waals surface area contributed by atoms with Crippen LogP contribution in [0.3, 0.4) is 0 Å². The molecule has 0 aliphatic carbocycles. The highest BCUT2D eigenvalue weighted by Crippen LogP contribution is 2.20. The van der Waals surface area contributed by atoms with Gasteiger partial charge in [-0.05, 0) is 20.8 Å². The third kappa shape index (κ3) is 8.68. The van der Waals surface area contributed by atoms with Gasteiger partial charge in [0, 0.05) is 6.08 Å². The van der Waals surface area contributed by atoms with Crippen molar-refractivity contribution in [3.05, 3.63) is 12.7 Å². The number of ether oxygens (including phenoxy) is 1. The third-order valence-electron chi connectivity index (χ3n) is 2.94. The molecule has 0 atom stereocenters. The lowest BCUT2D eigenvalue weighted by atomic mass is 10.4. The van der Waals surface area contributed by atoms with Gasteiger partial charge in [-0.1, -0.05) is 6.58 Å². The van der Waals surface area contributed by atoms with Crippen LogP contribution < -0.4 is 0 Å². The van der Waals surface area contributed by atoms with Crippen molar-refractivity contribution in [3.8, 4) is 0 Å². The number of rotatable bonds is 6.